The lowest BCUT2D eigenvalue weighted by atomic mass is 9.77. The molecule has 1 N–H and O–H groups in total. The number of carbonyl (C=O) groups is 3. The van der Waals surface area contributed by atoms with Crippen LogP contribution in [-0.2, 0) is 14.3 Å². The molecule has 3 amide bonds. The molecule has 2 bridgehead atoms. The van der Waals surface area contributed by atoms with E-state index in [1.807, 2.05) is 29.7 Å². The Morgan fingerprint density at radius 3 is 2.70 bits per heavy atom. The van der Waals surface area contributed by atoms with Crippen LogP contribution < -0.4 is 10.2 Å². The quantitative estimate of drug-likeness (QED) is 0.650. The topological polar surface area (TPSA) is 75.7 Å². The molecule has 0 saturated carbocycles. The van der Waals surface area contributed by atoms with Crippen LogP contribution in [0.1, 0.15) is 9.67 Å². The van der Waals surface area contributed by atoms with Crippen molar-refractivity contribution < 1.29 is 19.1 Å². The number of thiophene rings is 1. The molecular formula is C20H16N2O4S. The number of para-hydroxylation sites is 1. The van der Waals surface area contributed by atoms with Crippen LogP contribution in [0.3, 0.4) is 0 Å². The Bertz CT molecular complexity index is 956. The van der Waals surface area contributed by atoms with Gasteiger partial charge in [-0.2, -0.15) is 0 Å². The van der Waals surface area contributed by atoms with Crippen molar-refractivity contribution in [3.8, 4) is 0 Å². The molecule has 7 heteroatoms. The van der Waals surface area contributed by atoms with Gasteiger partial charge in [0.15, 0.2) is 0 Å². The third-order valence-corrected chi connectivity index (χ3v) is 6.31. The van der Waals surface area contributed by atoms with Crippen LogP contribution in [0.2, 0.25) is 0 Å². The van der Waals surface area contributed by atoms with E-state index in [0.29, 0.717) is 10.6 Å². The average Bonchev–Trinajstić information content (AvgIpc) is 3.44. The highest BCUT2D eigenvalue weighted by molar-refractivity contribution is 7.12. The Morgan fingerprint density at radius 1 is 1.15 bits per heavy atom. The zero-order chi connectivity index (χ0) is 18.6. The number of carbonyl (C=O) groups excluding carboxylic acids is 3. The van der Waals surface area contributed by atoms with E-state index in [-0.39, 0.29) is 24.3 Å². The van der Waals surface area contributed by atoms with Gasteiger partial charge in [-0.3, -0.25) is 14.4 Å². The molecule has 3 aliphatic rings. The molecule has 3 aliphatic heterocycles. The van der Waals surface area contributed by atoms with E-state index in [2.05, 4.69) is 5.32 Å². The summed E-state index contributed by atoms with van der Waals surface area (Å²) in [6, 6.07) is 12.5. The first-order chi connectivity index (χ1) is 13.1. The maximum absolute atomic E-state index is 13.1. The van der Waals surface area contributed by atoms with E-state index < -0.39 is 23.5 Å². The number of anilines is 1. The fraction of sp³-hybridized carbons (Fsp3) is 0.250. The average molecular weight is 380 g/mol. The number of imide groups is 1. The molecule has 4 atom stereocenters. The second kappa shape index (κ2) is 5.87. The first-order valence-electron chi connectivity index (χ1n) is 8.72. The van der Waals surface area contributed by atoms with Gasteiger partial charge in [0.25, 0.3) is 5.91 Å². The van der Waals surface area contributed by atoms with E-state index in [1.54, 1.807) is 30.3 Å². The van der Waals surface area contributed by atoms with Crippen molar-refractivity contribution >= 4 is 34.7 Å². The lowest BCUT2D eigenvalue weighted by Gasteiger charge is -2.29. The molecule has 27 heavy (non-hydrogen) atoms. The molecule has 0 aliphatic carbocycles. The monoisotopic (exact) mass is 380 g/mol. The Kier molecular flexibility index (Phi) is 3.57. The van der Waals surface area contributed by atoms with Gasteiger partial charge >= 0.3 is 0 Å². The van der Waals surface area contributed by atoms with Crippen molar-refractivity contribution in [1.82, 2.24) is 5.32 Å². The zero-order valence-corrected chi connectivity index (χ0v) is 15.0. The molecule has 2 fully saturated rings. The van der Waals surface area contributed by atoms with Crippen LogP contribution in [0.15, 0.2) is 60.0 Å². The Hall–Kier alpha value is -2.77. The molecule has 6 nitrogen and oxygen atoms in total. The summed E-state index contributed by atoms with van der Waals surface area (Å²) in [5.41, 5.74) is -0.405. The van der Waals surface area contributed by atoms with Crippen molar-refractivity contribution in [3.05, 3.63) is 64.9 Å². The van der Waals surface area contributed by atoms with E-state index in [4.69, 9.17) is 4.74 Å². The third-order valence-electron chi connectivity index (χ3n) is 5.44. The second-order valence-corrected chi connectivity index (χ2v) is 7.86. The summed E-state index contributed by atoms with van der Waals surface area (Å²) in [5.74, 6) is -1.88. The van der Waals surface area contributed by atoms with E-state index in [9.17, 15) is 14.4 Å². The van der Waals surface area contributed by atoms with Crippen LogP contribution in [-0.4, -0.2) is 36.0 Å². The van der Waals surface area contributed by atoms with Crippen molar-refractivity contribution in [2.45, 2.75) is 11.7 Å². The van der Waals surface area contributed by atoms with Crippen LogP contribution >= 0.6 is 11.3 Å². The summed E-state index contributed by atoms with van der Waals surface area (Å²) < 4.78 is 6.03. The number of hydrogen-bond acceptors (Lipinski definition) is 5. The molecule has 0 spiro atoms. The van der Waals surface area contributed by atoms with Crippen LogP contribution in [0.4, 0.5) is 5.69 Å². The van der Waals surface area contributed by atoms with Gasteiger partial charge in [0.2, 0.25) is 11.8 Å². The summed E-state index contributed by atoms with van der Waals surface area (Å²) >= 11 is 1.35. The number of rotatable bonds is 4. The summed E-state index contributed by atoms with van der Waals surface area (Å²) in [6.45, 7) is 0.152. The fourth-order valence-corrected chi connectivity index (χ4v) is 4.89. The van der Waals surface area contributed by atoms with Crippen LogP contribution in [0, 0.1) is 11.8 Å². The molecule has 2 aromatic rings. The standard InChI is InChI=1S/C20H16N2O4S/c23-17(14-7-4-10-27-14)21-11-20-9-8-13(26-20)15-16(20)19(25)22(18(15)24)12-5-2-1-3-6-12/h1-10,13,15-16H,11H2,(H,21,23)/t13-,15-,16+,20+/m0/s1. The number of ether oxygens (including phenoxy) is 1. The van der Waals surface area contributed by atoms with E-state index in [1.165, 1.54) is 16.2 Å². The van der Waals surface area contributed by atoms with Gasteiger partial charge in [0.1, 0.15) is 5.60 Å². The number of fused-ring (bicyclic) bond motifs is 5. The van der Waals surface area contributed by atoms with Crippen molar-refractivity contribution in [2.75, 3.05) is 11.4 Å². The van der Waals surface area contributed by atoms with Crippen molar-refractivity contribution in [2.24, 2.45) is 11.8 Å². The second-order valence-electron chi connectivity index (χ2n) is 6.91. The molecule has 1 aromatic heterocycles. The minimum Gasteiger partial charge on any atom is -0.360 e. The third kappa shape index (κ3) is 2.32. The molecule has 0 unspecified atom stereocenters. The highest BCUT2D eigenvalue weighted by Gasteiger charge is 2.67. The first-order valence-corrected chi connectivity index (χ1v) is 9.60. The van der Waals surface area contributed by atoms with Gasteiger partial charge in [-0.25, -0.2) is 4.90 Å². The van der Waals surface area contributed by atoms with Crippen molar-refractivity contribution in [3.63, 3.8) is 0 Å². The lowest BCUT2D eigenvalue weighted by molar-refractivity contribution is -0.126. The molecular weight excluding hydrogens is 364 g/mol. The summed E-state index contributed by atoms with van der Waals surface area (Å²) in [5, 5.41) is 4.69. The number of nitrogens with one attached hydrogen (secondary N) is 1. The minimum atomic E-state index is -0.974. The number of nitrogens with zero attached hydrogens (tertiary/aromatic N) is 1. The lowest BCUT2D eigenvalue weighted by Crippen LogP contribution is -2.48. The van der Waals surface area contributed by atoms with E-state index in [0.717, 1.165) is 0 Å². The SMILES string of the molecule is O=C(NC[C@@]12C=C[C@H](O1)[C@@H]1C(=O)N(c3ccccc3)C(=O)[C@@H]12)c1cccs1. The van der Waals surface area contributed by atoms with Gasteiger partial charge in [0.05, 0.1) is 35.0 Å². The summed E-state index contributed by atoms with van der Waals surface area (Å²) in [7, 11) is 0. The van der Waals surface area contributed by atoms with Gasteiger partial charge in [-0.15, -0.1) is 11.3 Å². The summed E-state index contributed by atoms with van der Waals surface area (Å²) in [4.78, 5) is 40.3. The highest BCUT2D eigenvalue weighted by Crippen LogP contribution is 2.52. The minimum absolute atomic E-state index is 0.152. The molecule has 136 valence electrons. The maximum Gasteiger partial charge on any atom is 0.261 e. The molecule has 0 radical (unpaired) electrons. The molecule has 2 saturated heterocycles. The summed E-state index contributed by atoms with van der Waals surface area (Å²) in [6.07, 6.45) is 3.23. The maximum atomic E-state index is 13.1. The smallest absolute Gasteiger partial charge is 0.261 e. The number of amides is 3. The van der Waals surface area contributed by atoms with Crippen LogP contribution in [0.5, 0.6) is 0 Å². The van der Waals surface area contributed by atoms with Gasteiger partial charge in [-0.05, 0) is 23.6 Å². The van der Waals surface area contributed by atoms with Gasteiger partial charge in [0, 0.05) is 0 Å². The van der Waals surface area contributed by atoms with E-state index >= 15 is 0 Å². The molecule has 5 rings (SSSR count). The molecule has 4 heterocycles. The number of hydrogen-bond donors (Lipinski definition) is 1. The van der Waals surface area contributed by atoms with Gasteiger partial charge < -0.3 is 10.1 Å². The first kappa shape index (κ1) is 16.4. The Morgan fingerprint density at radius 2 is 1.96 bits per heavy atom. The highest BCUT2D eigenvalue weighted by atomic mass is 32.1. The molecule has 1 aromatic carbocycles. The van der Waals surface area contributed by atoms with Crippen LogP contribution in [0.25, 0.3) is 0 Å². The predicted octanol–water partition coefficient (Wildman–Crippen LogP) is 1.99. The Balaban J connectivity index is 1.42. The predicted molar refractivity (Wildman–Crippen MR) is 99.3 cm³/mol. The van der Waals surface area contributed by atoms with Crippen molar-refractivity contribution in [1.29, 1.82) is 0 Å². The Labute approximate surface area is 159 Å². The number of benzene rings is 1. The fourth-order valence-electron chi connectivity index (χ4n) is 4.25. The largest absolute Gasteiger partial charge is 0.360 e. The zero-order valence-electron chi connectivity index (χ0n) is 14.2. The normalized spacial score (nSPS) is 30.8. The van der Waals surface area contributed by atoms with Gasteiger partial charge in [-0.1, -0.05) is 36.4 Å².